The number of hydrogen-bond acceptors (Lipinski definition) is 5. The summed E-state index contributed by atoms with van der Waals surface area (Å²) in [6, 6.07) is 14.6. The molecule has 2 aliphatic rings. The second-order valence-corrected chi connectivity index (χ2v) is 8.32. The number of β-lactam (4-membered cyclic amide) rings is 1. The van der Waals surface area contributed by atoms with Crippen molar-refractivity contribution in [1.29, 1.82) is 0 Å². The van der Waals surface area contributed by atoms with Gasteiger partial charge >= 0.3 is 5.97 Å². The molecule has 0 bridgehead atoms. The number of esters is 1. The number of benzene rings is 2. The highest BCUT2D eigenvalue weighted by atomic mass is 79.9. The van der Waals surface area contributed by atoms with E-state index in [0.717, 1.165) is 10.0 Å². The van der Waals surface area contributed by atoms with Crippen molar-refractivity contribution in [2.45, 2.75) is 31.8 Å². The van der Waals surface area contributed by atoms with Crippen molar-refractivity contribution in [3.05, 3.63) is 70.2 Å². The first kappa shape index (κ1) is 21.0. The predicted octanol–water partition coefficient (Wildman–Crippen LogP) is 1.69. The molecule has 2 aliphatic heterocycles. The van der Waals surface area contributed by atoms with Crippen molar-refractivity contribution in [2.24, 2.45) is 0 Å². The molecule has 4 rings (SSSR count). The van der Waals surface area contributed by atoms with E-state index in [1.165, 1.54) is 16.7 Å². The van der Waals surface area contributed by atoms with Gasteiger partial charge in [-0.25, -0.2) is 4.79 Å². The van der Waals surface area contributed by atoms with Crippen LogP contribution in [0.25, 0.3) is 0 Å². The van der Waals surface area contributed by atoms with Gasteiger partial charge in [0.1, 0.15) is 12.6 Å². The fourth-order valence-electron chi connectivity index (χ4n) is 3.84. The summed E-state index contributed by atoms with van der Waals surface area (Å²) in [7, 11) is 0. The van der Waals surface area contributed by atoms with Crippen LogP contribution in [0.5, 0.6) is 0 Å². The third-order valence-corrected chi connectivity index (χ3v) is 5.97. The number of fused-ring (bicyclic) bond motifs is 1. The SMILES string of the molecule is CC(=O)N1CC2[C@H](NC(=O)c3ccc(Br)cc3)C(=O)N2C1C(=O)OCc1ccccc1. The van der Waals surface area contributed by atoms with E-state index in [2.05, 4.69) is 21.2 Å². The van der Waals surface area contributed by atoms with Crippen LogP contribution in [0.1, 0.15) is 22.8 Å². The van der Waals surface area contributed by atoms with Crippen molar-refractivity contribution in [3.8, 4) is 0 Å². The van der Waals surface area contributed by atoms with Gasteiger partial charge in [0.15, 0.2) is 0 Å². The van der Waals surface area contributed by atoms with Crippen molar-refractivity contribution in [3.63, 3.8) is 0 Å². The minimum atomic E-state index is -1.13. The molecule has 3 atom stereocenters. The average molecular weight is 486 g/mol. The fourth-order valence-corrected chi connectivity index (χ4v) is 4.11. The van der Waals surface area contributed by atoms with Gasteiger partial charge in [0, 0.05) is 23.5 Å². The summed E-state index contributed by atoms with van der Waals surface area (Å²) in [6.07, 6.45) is -1.13. The summed E-state index contributed by atoms with van der Waals surface area (Å²) < 4.78 is 6.20. The quantitative estimate of drug-likeness (QED) is 0.513. The largest absolute Gasteiger partial charge is 0.458 e. The number of rotatable bonds is 5. The molecule has 0 radical (unpaired) electrons. The average Bonchev–Trinajstić information content (AvgIpc) is 3.13. The maximum atomic E-state index is 12.8. The molecule has 31 heavy (non-hydrogen) atoms. The Morgan fingerprint density at radius 3 is 2.42 bits per heavy atom. The normalized spacial score (nSPS) is 21.9. The van der Waals surface area contributed by atoms with Gasteiger partial charge in [-0.3, -0.25) is 14.4 Å². The number of carbonyl (C=O) groups excluding carboxylic acids is 4. The highest BCUT2D eigenvalue weighted by Gasteiger charge is 2.60. The second-order valence-electron chi connectivity index (χ2n) is 7.41. The lowest BCUT2D eigenvalue weighted by Gasteiger charge is -2.43. The smallest absolute Gasteiger partial charge is 0.350 e. The standard InChI is InChI=1S/C22H20BrN3O5/c1-13(27)25-11-17-18(24-19(28)15-7-9-16(23)10-8-15)21(29)26(17)20(25)22(30)31-12-14-5-3-2-4-6-14/h2-10,17-18,20H,11-12H2,1H3,(H,24,28)/t17?,18-,20?/m0/s1. The lowest BCUT2D eigenvalue weighted by molar-refractivity contribution is -0.169. The Labute approximate surface area is 187 Å². The molecule has 0 aliphatic carbocycles. The fraction of sp³-hybridized carbons (Fsp3) is 0.273. The molecule has 8 nitrogen and oxygen atoms in total. The van der Waals surface area contributed by atoms with E-state index in [1.54, 1.807) is 24.3 Å². The monoisotopic (exact) mass is 485 g/mol. The molecule has 0 saturated carbocycles. The van der Waals surface area contributed by atoms with Crippen LogP contribution >= 0.6 is 15.9 Å². The van der Waals surface area contributed by atoms with Gasteiger partial charge in [0.05, 0.1) is 6.04 Å². The third-order valence-electron chi connectivity index (χ3n) is 5.44. The van der Waals surface area contributed by atoms with Gasteiger partial charge in [0.2, 0.25) is 18.0 Å². The number of carbonyl (C=O) groups is 4. The Balaban J connectivity index is 1.45. The molecule has 3 amide bonds. The Morgan fingerprint density at radius 1 is 1.10 bits per heavy atom. The number of nitrogens with zero attached hydrogens (tertiary/aromatic N) is 2. The van der Waals surface area contributed by atoms with Crippen LogP contribution in [-0.2, 0) is 25.7 Å². The Hall–Kier alpha value is -3.20. The molecule has 1 N–H and O–H groups in total. The van der Waals surface area contributed by atoms with Gasteiger partial charge < -0.3 is 19.9 Å². The number of nitrogens with one attached hydrogen (secondary N) is 1. The molecule has 0 spiro atoms. The van der Waals surface area contributed by atoms with Gasteiger partial charge in [-0.15, -0.1) is 0 Å². The van der Waals surface area contributed by atoms with Gasteiger partial charge in [0.25, 0.3) is 5.91 Å². The van der Waals surface area contributed by atoms with Crippen molar-refractivity contribution in [2.75, 3.05) is 6.54 Å². The maximum Gasteiger partial charge on any atom is 0.350 e. The molecule has 2 aromatic rings. The third kappa shape index (κ3) is 4.05. The highest BCUT2D eigenvalue weighted by molar-refractivity contribution is 9.10. The van der Waals surface area contributed by atoms with Gasteiger partial charge in [-0.05, 0) is 29.8 Å². The summed E-state index contributed by atoms with van der Waals surface area (Å²) in [5, 5.41) is 2.71. The number of halogens is 1. The predicted molar refractivity (Wildman–Crippen MR) is 113 cm³/mol. The molecule has 2 heterocycles. The summed E-state index contributed by atoms with van der Waals surface area (Å²) in [5.74, 6) is -1.83. The first-order chi connectivity index (χ1) is 14.9. The first-order valence-corrected chi connectivity index (χ1v) is 10.5. The van der Waals surface area contributed by atoms with Crippen LogP contribution in [0.4, 0.5) is 0 Å². The van der Waals surface area contributed by atoms with E-state index in [-0.39, 0.29) is 19.1 Å². The molecule has 0 aromatic heterocycles. The lowest BCUT2D eigenvalue weighted by atomic mass is 9.96. The minimum Gasteiger partial charge on any atom is -0.458 e. The van der Waals surface area contributed by atoms with Crippen LogP contribution in [-0.4, -0.2) is 58.3 Å². The van der Waals surface area contributed by atoms with Crippen LogP contribution in [0.15, 0.2) is 59.1 Å². The van der Waals surface area contributed by atoms with Gasteiger partial charge in [-0.1, -0.05) is 46.3 Å². The molecule has 2 fully saturated rings. The Bertz CT molecular complexity index is 1030. The Kier molecular flexibility index (Phi) is 5.77. The van der Waals surface area contributed by atoms with Crippen LogP contribution in [0, 0.1) is 0 Å². The second kappa shape index (κ2) is 8.50. The summed E-state index contributed by atoms with van der Waals surface area (Å²) in [4.78, 5) is 52.8. The first-order valence-electron chi connectivity index (χ1n) is 9.73. The van der Waals surface area contributed by atoms with Crippen LogP contribution < -0.4 is 5.32 Å². The van der Waals surface area contributed by atoms with Gasteiger partial charge in [-0.2, -0.15) is 0 Å². The zero-order valence-corrected chi connectivity index (χ0v) is 18.2. The molecule has 160 valence electrons. The minimum absolute atomic E-state index is 0.0400. The number of hydrogen-bond donors (Lipinski definition) is 1. The van der Waals surface area contributed by atoms with E-state index in [9.17, 15) is 19.2 Å². The maximum absolute atomic E-state index is 12.8. The molecule has 2 aromatic carbocycles. The van der Waals surface area contributed by atoms with E-state index in [0.29, 0.717) is 5.56 Å². The topological polar surface area (TPSA) is 96.0 Å². The van der Waals surface area contributed by atoms with Crippen molar-refractivity contribution >= 4 is 39.6 Å². The van der Waals surface area contributed by atoms with E-state index >= 15 is 0 Å². The summed E-state index contributed by atoms with van der Waals surface area (Å²) in [5.41, 5.74) is 1.21. The van der Waals surface area contributed by atoms with Crippen molar-refractivity contribution < 1.29 is 23.9 Å². The zero-order chi connectivity index (χ0) is 22.1. The molecular formula is C22H20BrN3O5. The molecule has 2 unspecified atom stereocenters. The molecule has 2 saturated heterocycles. The number of ether oxygens (including phenoxy) is 1. The lowest BCUT2D eigenvalue weighted by Crippen LogP contribution is -2.71. The van der Waals surface area contributed by atoms with Crippen LogP contribution in [0.3, 0.4) is 0 Å². The van der Waals surface area contributed by atoms with E-state index in [1.807, 2.05) is 30.3 Å². The zero-order valence-electron chi connectivity index (χ0n) is 16.7. The molecular weight excluding hydrogens is 466 g/mol. The van der Waals surface area contributed by atoms with Crippen molar-refractivity contribution in [1.82, 2.24) is 15.1 Å². The highest BCUT2D eigenvalue weighted by Crippen LogP contribution is 2.33. The van der Waals surface area contributed by atoms with E-state index < -0.39 is 36.0 Å². The Morgan fingerprint density at radius 2 is 1.77 bits per heavy atom. The number of amides is 3. The summed E-state index contributed by atoms with van der Waals surface area (Å²) >= 11 is 3.31. The summed E-state index contributed by atoms with van der Waals surface area (Å²) in [6.45, 7) is 1.53. The van der Waals surface area contributed by atoms with Crippen LogP contribution in [0.2, 0.25) is 0 Å². The molecule has 9 heteroatoms. The van der Waals surface area contributed by atoms with E-state index in [4.69, 9.17) is 4.74 Å².